The SMILES string of the molecule is S=CNC1CCCC1. The Morgan fingerprint density at radius 1 is 1.38 bits per heavy atom. The molecule has 8 heavy (non-hydrogen) atoms. The first-order valence-electron chi connectivity index (χ1n) is 3.13. The standard InChI is InChI=1S/C6H11NS/c8-5-7-6-3-1-2-4-6/h5-6H,1-4H2,(H,7,8). The number of rotatable bonds is 2. The molecular formula is C6H11NS. The Morgan fingerprint density at radius 2 is 2.00 bits per heavy atom. The van der Waals surface area contributed by atoms with Crippen LogP contribution in [0.25, 0.3) is 0 Å². The molecule has 1 aliphatic carbocycles. The molecule has 0 atom stereocenters. The summed E-state index contributed by atoms with van der Waals surface area (Å²) < 4.78 is 0. The monoisotopic (exact) mass is 129 g/mol. The van der Waals surface area contributed by atoms with Crippen LogP contribution in [0.15, 0.2) is 0 Å². The average molecular weight is 129 g/mol. The number of nitrogens with one attached hydrogen (secondary N) is 1. The van der Waals surface area contributed by atoms with Gasteiger partial charge in [-0.05, 0) is 12.8 Å². The van der Waals surface area contributed by atoms with E-state index in [9.17, 15) is 0 Å². The molecule has 0 unspecified atom stereocenters. The second-order valence-corrected chi connectivity index (χ2v) is 2.50. The second-order valence-electron chi connectivity index (χ2n) is 2.27. The summed E-state index contributed by atoms with van der Waals surface area (Å²) in [6.07, 6.45) is 5.38. The van der Waals surface area contributed by atoms with Crippen LogP contribution in [0.1, 0.15) is 25.7 Å². The maximum Gasteiger partial charge on any atom is 0.0617 e. The lowest BCUT2D eigenvalue weighted by Crippen LogP contribution is -2.22. The lowest BCUT2D eigenvalue weighted by molar-refractivity contribution is 0.641. The molecular weight excluding hydrogens is 118 g/mol. The molecule has 1 nitrogen and oxygen atoms in total. The summed E-state index contributed by atoms with van der Waals surface area (Å²) in [5.41, 5.74) is 1.63. The maximum atomic E-state index is 4.65. The summed E-state index contributed by atoms with van der Waals surface area (Å²) >= 11 is 4.65. The van der Waals surface area contributed by atoms with Crippen LogP contribution in [-0.2, 0) is 0 Å². The molecule has 0 saturated heterocycles. The van der Waals surface area contributed by atoms with Crippen LogP contribution in [0.4, 0.5) is 0 Å². The Morgan fingerprint density at radius 3 is 2.50 bits per heavy atom. The topological polar surface area (TPSA) is 12.0 Å². The highest BCUT2D eigenvalue weighted by Crippen LogP contribution is 2.16. The van der Waals surface area contributed by atoms with Crippen molar-refractivity contribution >= 4 is 17.7 Å². The Kier molecular flexibility index (Phi) is 2.27. The minimum Gasteiger partial charge on any atom is -0.379 e. The first-order chi connectivity index (χ1) is 3.93. The van der Waals surface area contributed by atoms with Crippen molar-refractivity contribution in [2.45, 2.75) is 31.7 Å². The molecule has 1 N–H and O–H groups in total. The molecule has 0 radical (unpaired) electrons. The van der Waals surface area contributed by atoms with E-state index >= 15 is 0 Å². The van der Waals surface area contributed by atoms with Crippen molar-refractivity contribution in [2.75, 3.05) is 0 Å². The quantitative estimate of drug-likeness (QED) is 0.567. The highest BCUT2D eigenvalue weighted by molar-refractivity contribution is 7.78. The van der Waals surface area contributed by atoms with Crippen molar-refractivity contribution < 1.29 is 0 Å². The normalized spacial score (nSPS) is 21.0. The van der Waals surface area contributed by atoms with Gasteiger partial charge < -0.3 is 5.32 Å². The van der Waals surface area contributed by atoms with Crippen LogP contribution in [0.3, 0.4) is 0 Å². The van der Waals surface area contributed by atoms with Gasteiger partial charge in [0, 0.05) is 6.04 Å². The van der Waals surface area contributed by atoms with Gasteiger partial charge in [0.15, 0.2) is 0 Å². The zero-order valence-corrected chi connectivity index (χ0v) is 5.71. The van der Waals surface area contributed by atoms with Gasteiger partial charge in [0.1, 0.15) is 0 Å². The van der Waals surface area contributed by atoms with Gasteiger partial charge in [-0.25, -0.2) is 0 Å². The van der Waals surface area contributed by atoms with Crippen molar-refractivity contribution in [3.05, 3.63) is 0 Å². The van der Waals surface area contributed by atoms with Gasteiger partial charge in [-0.1, -0.05) is 25.1 Å². The van der Waals surface area contributed by atoms with Gasteiger partial charge in [0.05, 0.1) is 5.49 Å². The molecule has 0 aliphatic heterocycles. The Hall–Kier alpha value is -0.110. The fourth-order valence-electron chi connectivity index (χ4n) is 1.19. The predicted octanol–water partition coefficient (Wildman–Crippen LogP) is 1.48. The molecule has 0 bridgehead atoms. The lowest BCUT2D eigenvalue weighted by Gasteiger charge is -2.05. The number of thiocarbonyl (C=S) groups is 1. The summed E-state index contributed by atoms with van der Waals surface area (Å²) in [6, 6.07) is 0.701. The maximum absolute atomic E-state index is 4.65. The van der Waals surface area contributed by atoms with Crippen molar-refractivity contribution in [1.29, 1.82) is 0 Å². The van der Waals surface area contributed by atoms with Gasteiger partial charge in [-0.15, -0.1) is 0 Å². The van der Waals surface area contributed by atoms with E-state index in [1.807, 2.05) is 0 Å². The smallest absolute Gasteiger partial charge is 0.0617 e. The fraction of sp³-hybridized carbons (Fsp3) is 0.833. The van der Waals surface area contributed by atoms with Gasteiger partial charge in [-0.3, -0.25) is 0 Å². The average Bonchev–Trinajstić information content (AvgIpc) is 2.19. The van der Waals surface area contributed by atoms with Crippen LogP contribution in [0.2, 0.25) is 0 Å². The van der Waals surface area contributed by atoms with E-state index in [1.54, 1.807) is 5.49 Å². The molecule has 0 aromatic rings. The second kappa shape index (κ2) is 3.02. The van der Waals surface area contributed by atoms with Gasteiger partial charge >= 0.3 is 0 Å². The highest BCUT2D eigenvalue weighted by Gasteiger charge is 2.11. The fourth-order valence-corrected chi connectivity index (χ4v) is 1.38. The minimum absolute atomic E-state index is 0.701. The molecule has 0 spiro atoms. The van der Waals surface area contributed by atoms with Crippen LogP contribution in [0.5, 0.6) is 0 Å². The van der Waals surface area contributed by atoms with E-state index in [0.29, 0.717) is 6.04 Å². The largest absolute Gasteiger partial charge is 0.379 e. The van der Waals surface area contributed by atoms with E-state index in [0.717, 1.165) is 0 Å². The third-order valence-electron chi connectivity index (χ3n) is 1.66. The molecule has 1 aliphatic rings. The number of hydrogen-bond acceptors (Lipinski definition) is 1. The summed E-state index contributed by atoms with van der Waals surface area (Å²) in [6.45, 7) is 0. The predicted molar refractivity (Wildman–Crippen MR) is 39.0 cm³/mol. The van der Waals surface area contributed by atoms with Crippen molar-refractivity contribution in [1.82, 2.24) is 5.32 Å². The lowest BCUT2D eigenvalue weighted by atomic mass is 10.3. The van der Waals surface area contributed by atoms with Crippen LogP contribution < -0.4 is 5.32 Å². The van der Waals surface area contributed by atoms with E-state index in [-0.39, 0.29) is 0 Å². The summed E-state index contributed by atoms with van der Waals surface area (Å²) in [5, 5.41) is 3.13. The molecule has 0 aromatic heterocycles. The molecule has 0 amide bonds. The molecule has 0 heterocycles. The zero-order chi connectivity index (χ0) is 5.82. The third kappa shape index (κ3) is 1.44. The number of hydrogen-bond donors (Lipinski definition) is 1. The molecule has 1 fully saturated rings. The first kappa shape index (κ1) is 6.02. The van der Waals surface area contributed by atoms with E-state index in [2.05, 4.69) is 17.5 Å². The minimum atomic E-state index is 0.701. The van der Waals surface area contributed by atoms with Crippen molar-refractivity contribution in [3.63, 3.8) is 0 Å². The van der Waals surface area contributed by atoms with Crippen LogP contribution in [0, 0.1) is 0 Å². The van der Waals surface area contributed by atoms with E-state index in [1.165, 1.54) is 25.7 Å². The third-order valence-corrected chi connectivity index (χ3v) is 1.79. The summed E-state index contributed by atoms with van der Waals surface area (Å²) in [4.78, 5) is 0. The molecule has 2 heteroatoms. The first-order valence-corrected chi connectivity index (χ1v) is 3.60. The molecule has 0 aromatic carbocycles. The van der Waals surface area contributed by atoms with Gasteiger partial charge in [0.25, 0.3) is 0 Å². The molecule has 1 saturated carbocycles. The Balaban J connectivity index is 2.14. The Labute approximate surface area is 55.5 Å². The van der Waals surface area contributed by atoms with Gasteiger partial charge in [0.2, 0.25) is 0 Å². The highest BCUT2D eigenvalue weighted by atomic mass is 32.1. The summed E-state index contributed by atoms with van der Waals surface area (Å²) in [7, 11) is 0. The van der Waals surface area contributed by atoms with Crippen LogP contribution in [-0.4, -0.2) is 11.5 Å². The Bertz CT molecular complexity index is 76.6. The van der Waals surface area contributed by atoms with E-state index in [4.69, 9.17) is 0 Å². The van der Waals surface area contributed by atoms with Crippen molar-refractivity contribution in [2.24, 2.45) is 0 Å². The van der Waals surface area contributed by atoms with Gasteiger partial charge in [-0.2, -0.15) is 0 Å². The van der Waals surface area contributed by atoms with Crippen molar-refractivity contribution in [3.8, 4) is 0 Å². The van der Waals surface area contributed by atoms with Crippen LogP contribution >= 0.6 is 12.2 Å². The van der Waals surface area contributed by atoms with E-state index < -0.39 is 0 Å². The zero-order valence-electron chi connectivity index (χ0n) is 4.89. The summed E-state index contributed by atoms with van der Waals surface area (Å²) in [5.74, 6) is 0. The molecule has 46 valence electrons. The molecule has 1 rings (SSSR count).